The largest absolute Gasteiger partial charge is 0.376 e. The predicted octanol–water partition coefficient (Wildman–Crippen LogP) is 1.45. The summed E-state index contributed by atoms with van der Waals surface area (Å²) in [6, 6.07) is 4.92. The molecule has 3 aliphatic heterocycles. The fourth-order valence-electron chi connectivity index (χ4n) is 3.52. The van der Waals surface area contributed by atoms with Crippen LogP contribution in [0.5, 0.6) is 0 Å². The molecular weight excluding hydrogens is 313 g/mol. The Hall–Kier alpha value is -2.41. The highest BCUT2D eigenvalue weighted by Crippen LogP contribution is 2.33. The summed E-state index contributed by atoms with van der Waals surface area (Å²) in [7, 11) is 0. The second-order valence-corrected chi connectivity index (χ2v) is 6.30. The van der Waals surface area contributed by atoms with Gasteiger partial charge < -0.3 is 20.3 Å². The highest BCUT2D eigenvalue weighted by atomic mass is 19.1. The number of carbonyl (C=O) groups is 2. The second-order valence-electron chi connectivity index (χ2n) is 6.30. The highest BCUT2D eigenvalue weighted by molar-refractivity contribution is 6.01. The summed E-state index contributed by atoms with van der Waals surface area (Å²) >= 11 is 0. The molecule has 0 aromatic heterocycles. The molecular formula is C17H18FN3O3. The molecule has 4 rings (SSSR count). The van der Waals surface area contributed by atoms with Crippen molar-refractivity contribution < 1.29 is 18.7 Å². The number of hydrogen-bond acceptors (Lipinski definition) is 3. The normalized spacial score (nSPS) is 26.5. The Morgan fingerprint density at radius 2 is 2.04 bits per heavy atom. The molecule has 0 saturated carbocycles. The van der Waals surface area contributed by atoms with Crippen LogP contribution < -0.4 is 10.6 Å². The number of carbonyl (C=O) groups excluding carboxylic acids is 2. The van der Waals surface area contributed by atoms with Gasteiger partial charge >= 0.3 is 6.03 Å². The molecule has 0 bridgehead atoms. The van der Waals surface area contributed by atoms with Gasteiger partial charge in [0.25, 0.3) is 5.91 Å². The molecule has 1 aromatic rings. The Morgan fingerprint density at radius 3 is 2.75 bits per heavy atom. The van der Waals surface area contributed by atoms with Gasteiger partial charge in [0.15, 0.2) is 0 Å². The molecule has 6 nitrogen and oxygen atoms in total. The summed E-state index contributed by atoms with van der Waals surface area (Å²) in [5.74, 6) is -0.465. The van der Waals surface area contributed by atoms with Crippen molar-refractivity contribution in [3.8, 4) is 0 Å². The lowest BCUT2D eigenvalue weighted by atomic mass is 9.96. The first-order valence-corrected chi connectivity index (χ1v) is 8.09. The number of benzene rings is 1. The zero-order valence-corrected chi connectivity index (χ0v) is 13.0. The summed E-state index contributed by atoms with van der Waals surface area (Å²) in [6.45, 7) is 1.63. The first-order valence-electron chi connectivity index (χ1n) is 8.09. The number of nitrogens with zero attached hydrogens (tertiary/aromatic N) is 1. The monoisotopic (exact) mass is 331 g/mol. The first kappa shape index (κ1) is 15.1. The Morgan fingerprint density at radius 1 is 1.25 bits per heavy atom. The molecule has 0 spiro atoms. The molecule has 3 heterocycles. The van der Waals surface area contributed by atoms with Gasteiger partial charge in [-0.25, -0.2) is 9.18 Å². The molecule has 2 atom stereocenters. The fourth-order valence-corrected chi connectivity index (χ4v) is 3.52. The van der Waals surface area contributed by atoms with Crippen molar-refractivity contribution in [3.05, 3.63) is 46.9 Å². The minimum atomic E-state index is -0.559. The average Bonchev–Trinajstić information content (AvgIpc) is 3.17. The zero-order valence-electron chi connectivity index (χ0n) is 13.0. The summed E-state index contributed by atoms with van der Waals surface area (Å²) in [5, 5.41) is 5.49. The van der Waals surface area contributed by atoms with Gasteiger partial charge in [0, 0.05) is 13.2 Å². The van der Waals surface area contributed by atoms with E-state index >= 15 is 0 Å². The van der Waals surface area contributed by atoms with E-state index in [0.717, 1.165) is 19.4 Å². The van der Waals surface area contributed by atoms with Crippen molar-refractivity contribution in [3.63, 3.8) is 0 Å². The van der Waals surface area contributed by atoms with Crippen molar-refractivity contribution in [2.75, 3.05) is 19.7 Å². The number of urea groups is 1. The van der Waals surface area contributed by atoms with Crippen molar-refractivity contribution in [2.45, 2.75) is 25.0 Å². The van der Waals surface area contributed by atoms with E-state index in [1.807, 2.05) is 0 Å². The lowest BCUT2D eigenvalue weighted by Crippen LogP contribution is -2.44. The van der Waals surface area contributed by atoms with Gasteiger partial charge in [0.05, 0.1) is 30.0 Å². The Bertz CT molecular complexity index is 710. The van der Waals surface area contributed by atoms with E-state index < -0.39 is 6.04 Å². The smallest absolute Gasteiger partial charge is 0.319 e. The molecule has 24 heavy (non-hydrogen) atoms. The van der Waals surface area contributed by atoms with E-state index in [1.54, 1.807) is 17.0 Å². The van der Waals surface area contributed by atoms with Gasteiger partial charge in [0.2, 0.25) is 0 Å². The van der Waals surface area contributed by atoms with Gasteiger partial charge in [-0.1, -0.05) is 12.1 Å². The van der Waals surface area contributed by atoms with Gasteiger partial charge in [-0.3, -0.25) is 4.79 Å². The number of ether oxygens (including phenoxy) is 1. The molecule has 1 fully saturated rings. The molecule has 3 amide bonds. The van der Waals surface area contributed by atoms with Crippen molar-refractivity contribution >= 4 is 11.9 Å². The van der Waals surface area contributed by atoms with Crippen molar-refractivity contribution in [2.24, 2.45) is 0 Å². The molecule has 1 aromatic carbocycles. The van der Waals surface area contributed by atoms with Crippen molar-refractivity contribution in [1.29, 1.82) is 0 Å². The van der Waals surface area contributed by atoms with Crippen LogP contribution in [0.2, 0.25) is 0 Å². The Labute approximate surface area is 138 Å². The lowest BCUT2D eigenvalue weighted by Gasteiger charge is -2.25. The van der Waals surface area contributed by atoms with Crippen LogP contribution >= 0.6 is 0 Å². The third kappa shape index (κ3) is 2.65. The maximum Gasteiger partial charge on any atom is 0.319 e. The minimum Gasteiger partial charge on any atom is -0.376 e. The predicted molar refractivity (Wildman–Crippen MR) is 83.4 cm³/mol. The molecule has 1 saturated heterocycles. The van der Waals surface area contributed by atoms with Crippen LogP contribution in [-0.2, 0) is 9.53 Å². The van der Waals surface area contributed by atoms with Crippen LogP contribution in [0, 0.1) is 5.82 Å². The lowest BCUT2D eigenvalue weighted by molar-refractivity contribution is -0.127. The van der Waals surface area contributed by atoms with E-state index in [1.165, 1.54) is 12.1 Å². The van der Waals surface area contributed by atoms with E-state index in [2.05, 4.69) is 10.6 Å². The van der Waals surface area contributed by atoms with Gasteiger partial charge in [-0.2, -0.15) is 0 Å². The number of rotatable bonds is 3. The molecule has 0 radical (unpaired) electrons. The van der Waals surface area contributed by atoms with E-state index in [-0.39, 0.29) is 23.9 Å². The van der Waals surface area contributed by atoms with Gasteiger partial charge in [-0.05, 0) is 30.5 Å². The molecule has 7 heteroatoms. The second kappa shape index (κ2) is 5.90. The first-order chi connectivity index (χ1) is 11.6. The third-order valence-corrected chi connectivity index (χ3v) is 4.67. The number of halogens is 1. The molecule has 0 aliphatic carbocycles. The number of hydrogen-bond donors (Lipinski definition) is 2. The fraction of sp³-hybridized carbons (Fsp3) is 0.412. The summed E-state index contributed by atoms with van der Waals surface area (Å²) in [6.07, 6.45) is 2.01. The summed E-state index contributed by atoms with van der Waals surface area (Å²) in [4.78, 5) is 26.5. The van der Waals surface area contributed by atoms with Gasteiger partial charge in [-0.15, -0.1) is 0 Å². The quantitative estimate of drug-likeness (QED) is 0.881. The van der Waals surface area contributed by atoms with Crippen LogP contribution in [0.3, 0.4) is 0 Å². The van der Waals surface area contributed by atoms with Gasteiger partial charge in [0.1, 0.15) is 5.82 Å². The number of amides is 3. The van der Waals surface area contributed by atoms with E-state index in [0.29, 0.717) is 29.9 Å². The zero-order chi connectivity index (χ0) is 16.7. The standard InChI is InChI=1S/C17H18FN3O3/c18-11-5-3-10(4-6-11)15-14-13(19-17(23)20-15)9-21(16(14)22)8-12-2-1-7-24-12/h3-6,12,15H,1-2,7-9H2,(H2,19,20,23). The third-order valence-electron chi connectivity index (χ3n) is 4.67. The average molecular weight is 331 g/mol. The van der Waals surface area contributed by atoms with Crippen LogP contribution in [0.4, 0.5) is 9.18 Å². The van der Waals surface area contributed by atoms with Crippen LogP contribution in [0.15, 0.2) is 35.5 Å². The number of nitrogens with one attached hydrogen (secondary N) is 2. The maximum absolute atomic E-state index is 13.2. The molecule has 2 unspecified atom stereocenters. The van der Waals surface area contributed by atoms with Crippen LogP contribution in [0.1, 0.15) is 24.4 Å². The molecule has 3 aliphatic rings. The van der Waals surface area contributed by atoms with Crippen LogP contribution in [-0.4, -0.2) is 42.6 Å². The topological polar surface area (TPSA) is 70.7 Å². The Balaban J connectivity index is 1.60. The molecule has 126 valence electrons. The summed E-state index contributed by atoms with van der Waals surface area (Å²) < 4.78 is 18.8. The van der Waals surface area contributed by atoms with E-state index in [9.17, 15) is 14.0 Å². The minimum absolute atomic E-state index is 0.0586. The Kier molecular flexibility index (Phi) is 3.72. The summed E-state index contributed by atoms with van der Waals surface area (Å²) in [5.41, 5.74) is 1.83. The van der Waals surface area contributed by atoms with E-state index in [4.69, 9.17) is 4.74 Å². The molecule has 2 N–H and O–H groups in total. The van der Waals surface area contributed by atoms with Crippen molar-refractivity contribution in [1.82, 2.24) is 15.5 Å². The highest BCUT2D eigenvalue weighted by Gasteiger charge is 2.41. The van der Waals surface area contributed by atoms with Crippen LogP contribution in [0.25, 0.3) is 0 Å². The maximum atomic E-state index is 13.2. The SMILES string of the molecule is O=C1NC2=C(C(=O)N(CC3CCCO3)C2)C(c2ccc(F)cc2)N1.